The molecule has 1 aliphatic heterocycles. The van der Waals surface area contributed by atoms with Gasteiger partial charge in [0, 0.05) is 26.2 Å². The monoisotopic (exact) mass is 226 g/mol. The molecule has 1 aliphatic rings. The summed E-state index contributed by atoms with van der Waals surface area (Å²) in [5.74, 6) is -0.0324. The van der Waals surface area contributed by atoms with Crippen molar-refractivity contribution >= 4 is 17.6 Å². The normalized spacial score (nSPS) is 23.2. The van der Waals surface area contributed by atoms with Gasteiger partial charge in [-0.3, -0.25) is 14.6 Å². The number of carbonyl (C=O) groups is 2. The second-order valence-electron chi connectivity index (χ2n) is 3.69. The lowest BCUT2D eigenvalue weighted by Gasteiger charge is -2.33. The van der Waals surface area contributed by atoms with Crippen LogP contribution in [-0.4, -0.2) is 55.3 Å². The fraction of sp³-hybridized carbons (Fsp3) is 0.700. The van der Waals surface area contributed by atoms with E-state index in [1.807, 2.05) is 13.8 Å². The van der Waals surface area contributed by atoms with Crippen LogP contribution in [0.15, 0.2) is 4.99 Å². The number of amidine groups is 1. The zero-order valence-electron chi connectivity index (χ0n) is 9.91. The van der Waals surface area contributed by atoms with Crippen molar-refractivity contribution in [3.05, 3.63) is 0 Å². The number of rotatable bonds is 3. The molecular weight excluding hydrogens is 208 g/mol. The molecule has 6 heteroatoms. The molecule has 0 aromatic carbocycles. The number of hydrogen-bond donors (Lipinski definition) is 2. The molecule has 16 heavy (non-hydrogen) atoms. The van der Waals surface area contributed by atoms with Crippen LogP contribution in [0.5, 0.6) is 0 Å². The minimum atomic E-state index is -0.215. The Bertz CT molecular complexity index is 314. The lowest BCUT2D eigenvalue weighted by molar-refractivity contribution is -0.133. The molecule has 0 radical (unpaired) electrons. The molecule has 1 heterocycles. The Kier molecular flexibility index (Phi) is 4.28. The van der Waals surface area contributed by atoms with Crippen LogP contribution >= 0.6 is 0 Å². The predicted molar refractivity (Wildman–Crippen MR) is 61.2 cm³/mol. The second kappa shape index (κ2) is 5.48. The third kappa shape index (κ3) is 2.71. The summed E-state index contributed by atoms with van der Waals surface area (Å²) in [5.41, 5.74) is 0. The summed E-state index contributed by atoms with van der Waals surface area (Å²) in [4.78, 5) is 28.7. The van der Waals surface area contributed by atoms with Crippen molar-refractivity contribution in [1.29, 1.82) is 0 Å². The maximum Gasteiger partial charge on any atom is 0.289 e. The third-order valence-corrected chi connectivity index (χ3v) is 2.47. The molecule has 6 nitrogen and oxygen atoms in total. The molecule has 2 amide bonds. The smallest absolute Gasteiger partial charge is 0.289 e. The molecule has 0 aromatic heterocycles. The summed E-state index contributed by atoms with van der Waals surface area (Å²) in [6, 6.07) is 0.000561. The van der Waals surface area contributed by atoms with Crippen molar-refractivity contribution in [2.75, 3.05) is 26.7 Å². The van der Waals surface area contributed by atoms with Crippen LogP contribution in [-0.2, 0) is 9.59 Å². The van der Waals surface area contributed by atoms with E-state index in [2.05, 4.69) is 15.6 Å². The van der Waals surface area contributed by atoms with Gasteiger partial charge in [0.25, 0.3) is 5.91 Å². The van der Waals surface area contributed by atoms with Gasteiger partial charge in [0.1, 0.15) is 6.54 Å². The van der Waals surface area contributed by atoms with E-state index in [4.69, 9.17) is 0 Å². The number of piperazine rings is 1. The van der Waals surface area contributed by atoms with E-state index in [0.29, 0.717) is 18.9 Å². The number of nitrogens with one attached hydrogen (secondary N) is 2. The highest BCUT2D eigenvalue weighted by Crippen LogP contribution is 2.04. The van der Waals surface area contributed by atoms with E-state index in [-0.39, 0.29) is 24.4 Å². The summed E-state index contributed by atoms with van der Waals surface area (Å²) in [6.07, 6.45) is 0. The van der Waals surface area contributed by atoms with Gasteiger partial charge in [-0.05, 0) is 13.8 Å². The van der Waals surface area contributed by atoms with Gasteiger partial charge in [-0.2, -0.15) is 0 Å². The molecule has 1 atom stereocenters. The van der Waals surface area contributed by atoms with Crippen molar-refractivity contribution in [3.63, 3.8) is 0 Å². The first-order chi connectivity index (χ1) is 7.60. The summed E-state index contributed by atoms with van der Waals surface area (Å²) < 4.78 is 0. The summed E-state index contributed by atoms with van der Waals surface area (Å²) in [6.45, 7) is 5.03. The molecule has 90 valence electrons. The molecule has 2 N–H and O–H groups in total. The fourth-order valence-electron chi connectivity index (χ4n) is 1.58. The van der Waals surface area contributed by atoms with Gasteiger partial charge >= 0.3 is 0 Å². The van der Waals surface area contributed by atoms with Crippen molar-refractivity contribution in [3.8, 4) is 0 Å². The van der Waals surface area contributed by atoms with Crippen LogP contribution in [0.3, 0.4) is 0 Å². The fourth-order valence-corrected chi connectivity index (χ4v) is 1.58. The highest BCUT2D eigenvalue weighted by Gasteiger charge is 2.30. The number of nitrogens with zero attached hydrogens (tertiary/aromatic N) is 2. The summed E-state index contributed by atoms with van der Waals surface area (Å²) in [5, 5.41) is 5.60. The average Bonchev–Trinajstić information content (AvgIpc) is 2.25. The number of likely N-dealkylation sites (N-methyl/N-ethyl adjacent to an activating group) is 1. The quantitative estimate of drug-likeness (QED) is 0.646. The van der Waals surface area contributed by atoms with Crippen LogP contribution in [0.4, 0.5) is 0 Å². The zero-order valence-corrected chi connectivity index (χ0v) is 9.91. The van der Waals surface area contributed by atoms with E-state index in [0.717, 1.165) is 0 Å². The van der Waals surface area contributed by atoms with Crippen molar-refractivity contribution in [2.24, 2.45) is 4.99 Å². The molecular formula is C10H18N4O2. The molecule has 0 aliphatic carbocycles. The lowest BCUT2D eigenvalue weighted by Crippen LogP contribution is -2.59. The van der Waals surface area contributed by atoms with Gasteiger partial charge in [0.15, 0.2) is 5.84 Å². The standard InChI is InChI=1S/C10H18N4O2/c1-4-12-8(15)6-14-7(2)5-13-9(11-3)10(14)16/h7H,4-6H2,1-3H3,(H,11,13)(H,12,15). The zero-order chi connectivity index (χ0) is 12.1. The molecule has 0 aromatic rings. The van der Waals surface area contributed by atoms with E-state index in [9.17, 15) is 9.59 Å². The van der Waals surface area contributed by atoms with Crippen molar-refractivity contribution in [2.45, 2.75) is 19.9 Å². The molecule has 1 fully saturated rings. The minimum Gasteiger partial charge on any atom is -0.364 e. The maximum absolute atomic E-state index is 11.9. The van der Waals surface area contributed by atoms with Crippen molar-refractivity contribution in [1.82, 2.24) is 15.5 Å². The van der Waals surface area contributed by atoms with E-state index < -0.39 is 0 Å². The Morgan fingerprint density at radius 3 is 2.94 bits per heavy atom. The predicted octanol–water partition coefficient (Wildman–Crippen LogP) is -1.03. The van der Waals surface area contributed by atoms with Gasteiger partial charge in [-0.1, -0.05) is 0 Å². The largest absolute Gasteiger partial charge is 0.364 e. The van der Waals surface area contributed by atoms with Gasteiger partial charge in [0.05, 0.1) is 0 Å². The van der Waals surface area contributed by atoms with Crippen LogP contribution in [0, 0.1) is 0 Å². The highest BCUT2D eigenvalue weighted by molar-refractivity contribution is 6.38. The number of aliphatic imine (C=N–C) groups is 1. The topological polar surface area (TPSA) is 73.8 Å². The summed E-state index contributed by atoms with van der Waals surface area (Å²) >= 11 is 0. The first kappa shape index (κ1) is 12.5. The molecule has 1 rings (SSSR count). The molecule has 1 saturated heterocycles. The molecule has 0 saturated carbocycles. The maximum atomic E-state index is 11.9. The Morgan fingerprint density at radius 2 is 2.38 bits per heavy atom. The van der Waals surface area contributed by atoms with Gasteiger partial charge in [-0.15, -0.1) is 0 Å². The van der Waals surface area contributed by atoms with Crippen LogP contribution in [0.1, 0.15) is 13.8 Å². The van der Waals surface area contributed by atoms with Gasteiger partial charge in [0.2, 0.25) is 5.91 Å². The lowest BCUT2D eigenvalue weighted by atomic mass is 10.2. The van der Waals surface area contributed by atoms with E-state index >= 15 is 0 Å². The molecule has 0 spiro atoms. The van der Waals surface area contributed by atoms with Crippen LogP contribution in [0.2, 0.25) is 0 Å². The second-order valence-corrected chi connectivity index (χ2v) is 3.69. The Balaban J connectivity index is 2.68. The Labute approximate surface area is 95.1 Å². The average molecular weight is 226 g/mol. The number of carbonyl (C=O) groups excluding carboxylic acids is 2. The van der Waals surface area contributed by atoms with E-state index in [1.165, 1.54) is 4.90 Å². The number of amides is 2. The Morgan fingerprint density at radius 1 is 1.69 bits per heavy atom. The first-order valence-corrected chi connectivity index (χ1v) is 5.38. The first-order valence-electron chi connectivity index (χ1n) is 5.38. The van der Waals surface area contributed by atoms with Crippen molar-refractivity contribution < 1.29 is 9.59 Å². The highest BCUT2D eigenvalue weighted by atomic mass is 16.2. The SMILES string of the molecule is CCNC(=O)CN1C(=O)C(=NC)NCC1C. The third-order valence-electron chi connectivity index (χ3n) is 2.47. The van der Waals surface area contributed by atoms with Crippen LogP contribution in [0.25, 0.3) is 0 Å². The summed E-state index contributed by atoms with van der Waals surface area (Å²) in [7, 11) is 1.56. The molecule has 0 bridgehead atoms. The minimum absolute atomic E-state index is 0.000561. The molecule has 1 unspecified atom stereocenters. The van der Waals surface area contributed by atoms with E-state index in [1.54, 1.807) is 7.05 Å². The van der Waals surface area contributed by atoms with Gasteiger partial charge < -0.3 is 15.5 Å². The number of hydrogen-bond acceptors (Lipinski definition) is 3. The Hall–Kier alpha value is -1.59. The van der Waals surface area contributed by atoms with Gasteiger partial charge in [-0.25, -0.2) is 0 Å². The van der Waals surface area contributed by atoms with Crippen LogP contribution < -0.4 is 10.6 Å².